The Morgan fingerprint density at radius 2 is 1.49 bits per heavy atom. The molecule has 2 unspecified atom stereocenters. The maximum Gasteiger partial charge on any atom is 0.315 e. The minimum atomic E-state index is -3.60. The summed E-state index contributed by atoms with van der Waals surface area (Å²) in [6.45, 7) is 19.3. The fourth-order valence-corrected chi connectivity index (χ4v) is 7.04. The van der Waals surface area contributed by atoms with Gasteiger partial charge in [0.1, 0.15) is 12.1 Å². The maximum absolute atomic E-state index is 14.1. The van der Waals surface area contributed by atoms with Gasteiger partial charge >= 0.3 is 6.03 Å². The molecule has 45 heavy (non-hydrogen) atoms. The zero-order valence-electron chi connectivity index (χ0n) is 29.3. The van der Waals surface area contributed by atoms with E-state index in [-0.39, 0.29) is 24.1 Å². The van der Waals surface area contributed by atoms with Gasteiger partial charge < -0.3 is 26.6 Å². The van der Waals surface area contributed by atoms with Crippen LogP contribution in [0.5, 0.6) is 0 Å². The number of hydrogen-bond donors (Lipinski definition) is 4. The van der Waals surface area contributed by atoms with E-state index >= 15 is 0 Å². The topological polar surface area (TPSA) is 185 Å². The van der Waals surface area contributed by atoms with Crippen molar-refractivity contribution in [3.05, 3.63) is 0 Å². The molecule has 1 fully saturated rings. The number of amides is 5. The highest BCUT2D eigenvalue weighted by molar-refractivity contribution is 7.92. The van der Waals surface area contributed by atoms with Crippen molar-refractivity contribution < 1.29 is 32.4 Å². The Morgan fingerprint density at radius 1 is 0.933 bits per heavy atom. The average Bonchev–Trinajstić information content (AvgIpc) is 2.83. The van der Waals surface area contributed by atoms with Gasteiger partial charge in [-0.25, -0.2) is 13.2 Å². The van der Waals surface area contributed by atoms with Gasteiger partial charge in [-0.15, -0.1) is 0 Å². The third-order valence-corrected chi connectivity index (χ3v) is 11.3. The SMILES string of the molecule is CCCN(C(=O)[C@@H](NC(=O)NC(C)(CC(C)C)CS(=O)(=O)C(C)(C)C)C(C)(C)C)[C@@H](C)C(=O)NC(CC1CCC1)C(=O)C(N)=O. The van der Waals surface area contributed by atoms with Gasteiger partial charge in [-0.3, -0.25) is 19.2 Å². The minimum absolute atomic E-state index is 0.0690. The van der Waals surface area contributed by atoms with Crippen LogP contribution in [-0.4, -0.2) is 83.6 Å². The van der Waals surface area contributed by atoms with Crippen molar-refractivity contribution >= 4 is 39.4 Å². The van der Waals surface area contributed by atoms with Crippen LogP contribution in [0.2, 0.25) is 0 Å². The number of rotatable bonds is 16. The zero-order valence-corrected chi connectivity index (χ0v) is 30.2. The van der Waals surface area contributed by atoms with Gasteiger partial charge in [0, 0.05) is 6.54 Å². The molecule has 0 aliphatic heterocycles. The summed E-state index contributed by atoms with van der Waals surface area (Å²) < 4.78 is 25.3. The van der Waals surface area contributed by atoms with Crippen LogP contribution in [-0.2, 0) is 29.0 Å². The van der Waals surface area contributed by atoms with Crippen molar-refractivity contribution in [2.45, 2.75) is 143 Å². The van der Waals surface area contributed by atoms with Gasteiger partial charge in [0.2, 0.25) is 17.6 Å². The highest BCUT2D eigenvalue weighted by Crippen LogP contribution is 2.31. The van der Waals surface area contributed by atoms with Crippen LogP contribution >= 0.6 is 0 Å². The molecule has 0 heterocycles. The van der Waals surface area contributed by atoms with Crippen molar-refractivity contribution in [2.75, 3.05) is 12.3 Å². The molecule has 0 spiro atoms. The monoisotopic (exact) mass is 657 g/mol. The zero-order chi connectivity index (χ0) is 35.1. The smallest absolute Gasteiger partial charge is 0.315 e. The van der Waals surface area contributed by atoms with Gasteiger partial charge in [-0.05, 0) is 71.1 Å². The molecule has 260 valence electrons. The van der Waals surface area contributed by atoms with Crippen LogP contribution in [0, 0.1) is 17.3 Å². The van der Waals surface area contributed by atoms with E-state index in [4.69, 9.17) is 5.73 Å². The van der Waals surface area contributed by atoms with Crippen LogP contribution in [0.4, 0.5) is 4.79 Å². The van der Waals surface area contributed by atoms with E-state index in [0.29, 0.717) is 19.3 Å². The second-order valence-electron chi connectivity index (χ2n) is 15.5. The quantitative estimate of drug-likeness (QED) is 0.184. The van der Waals surface area contributed by atoms with Crippen molar-refractivity contribution in [3.8, 4) is 0 Å². The summed E-state index contributed by atoms with van der Waals surface area (Å²) in [6.07, 6.45) is 4.00. The molecule has 0 bridgehead atoms. The molecule has 0 aromatic heterocycles. The number of sulfone groups is 1. The van der Waals surface area contributed by atoms with E-state index in [1.165, 1.54) is 11.8 Å². The molecule has 5 N–H and O–H groups in total. The van der Waals surface area contributed by atoms with E-state index in [0.717, 1.165) is 19.3 Å². The third-order valence-electron chi connectivity index (χ3n) is 8.37. The van der Waals surface area contributed by atoms with Crippen molar-refractivity contribution in [1.29, 1.82) is 0 Å². The second kappa shape index (κ2) is 15.7. The van der Waals surface area contributed by atoms with E-state index in [1.54, 1.807) is 48.5 Å². The van der Waals surface area contributed by atoms with Crippen molar-refractivity contribution in [2.24, 2.45) is 23.0 Å². The Labute approximate surface area is 270 Å². The van der Waals surface area contributed by atoms with Crippen LogP contribution in [0.1, 0.15) is 115 Å². The molecule has 0 aromatic rings. The molecule has 5 amide bonds. The molecule has 1 rings (SSSR count). The number of urea groups is 1. The number of primary amides is 1. The first-order valence-corrected chi connectivity index (χ1v) is 17.8. The lowest BCUT2D eigenvalue weighted by Crippen LogP contribution is -2.63. The van der Waals surface area contributed by atoms with E-state index < -0.39 is 73.2 Å². The predicted molar refractivity (Wildman–Crippen MR) is 176 cm³/mol. The average molecular weight is 658 g/mol. The van der Waals surface area contributed by atoms with Gasteiger partial charge in [0.05, 0.1) is 22.1 Å². The lowest BCUT2D eigenvalue weighted by Gasteiger charge is -2.39. The molecule has 4 atom stereocenters. The highest BCUT2D eigenvalue weighted by atomic mass is 32.2. The second-order valence-corrected chi connectivity index (χ2v) is 18.2. The van der Waals surface area contributed by atoms with Crippen molar-refractivity contribution in [3.63, 3.8) is 0 Å². The minimum Gasteiger partial charge on any atom is -0.363 e. The van der Waals surface area contributed by atoms with Crippen LogP contribution in [0.25, 0.3) is 0 Å². The molecule has 1 aliphatic carbocycles. The summed E-state index contributed by atoms with van der Waals surface area (Å²) in [6, 6.07) is -3.89. The summed E-state index contributed by atoms with van der Waals surface area (Å²) in [5.41, 5.74) is 3.34. The molecular formula is C32H59N5O7S. The fourth-order valence-electron chi connectivity index (χ4n) is 5.57. The summed E-state index contributed by atoms with van der Waals surface area (Å²) in [4.78, 5) is 66.6. The normalized spacial score (nSPS) is 17.7. The number of carbonyl (C=O) groups is 5. The summed E-state index contributed by atoms with van der Waals surface area (Å²) in [5, 5.41) is 8.28. The first-order valence-electron chi connectivity index (χ1n) is 16.1. The largest absolute Gasteiger partial charge is 0.363 e. The molecule has 0 saturated heterocycles. The first kappa shape index (κ1) is 40.3. The van der Waals surface area contributed by atoms with Gasteiger partial charge in [-0.1, -0.05) is 60.8 Å². The Bertz CT molecular complexity index is 1190. The van der Waals surface area contributed by atoms with Gasteiger partial charge in [-0.2, -0.15) is 0 Å². The highest BCUT2D eigenvalue weighted by Gasteiger charge is 2.42. The lowest BCUT2D eigenvalue weighted by molar-refractivity contribution is -0.144. The van der Waals surface area contributed by atoms with E-state index in [1.807, 2.05) is 20.8 Å². The number of hydrogen-bond acceptors (Lipinski definition) is 7. The van der Waals surface area contributed by atoms with E-state index in [9.17, 15) is 32.4 Å². The molecule has 0 radical (unpaired) electrons. The molecule has 1 saturated carbocycles. The molecule has 12 nitrogen and oxygen atoms in total. The van der Waals surface area contributed by atoms with Crippen LogP contribution in [0.15, 0.2) is 0 Å². The number of Topliss-reactive ketones (excluding diaryl/α,β-unsaturated/α-hetero) is 1. The third kappa shape index (κ3) is 11.9. The molecule has 0 aromatic carbocycles. The molecule has 13 heteroatoms. The fraction of sp³-hybridized carbons (Fsp3) is 0.844. The Kier molecular flexibility index (Phi) is 14.1. The predicted octanol–water partition coefficient (Wildman–Crippen LogP) is 3.07. The Balaban J connectivity index is 3.27. The maximum atomic E-state index is 14.1. The van der Waals surface area contributed by atoms with Crippen molar-refractivity contribution in [1.82, 2.24) is 20.9 Å². The molecular weight excluding hydrogens is 598 g/mol. The first-order chi connectivity index (χ1) is 20.3. The van der Waals surface area contributed by atoms with E-state index in [2.05, 4.69) is 16.0 Å². The Hall–Kier alpha value is -2.70. The number of ketones is 1. The summed E-state index contributed by atoms with van der Waals surface area (Å²) >= 11 is 0. The molecule has 1 aliphatic rings. The van der Waals surface area contributed by atoms with Crippen LogP contribution in [0.3, 0.4) is 0 Å². The Morgan fingerprint density at radius 3 is 1.89 bits per heavy atom. The number of carbonyl (C=O) groups excluding carboxylic acids is 5. The summed E-state index contributed by atoms with van der Waals surface area (Å²) in [5.74, 6) is -3.13. The number of nitrogens with one attached hydrogen (secondary N) is 3. The van der Waals surface area contributed by atoms with Gasteiger partial charge in [0.15, 0.2) is 9.84 Å². The van der Waals surface area contributed by atoms with Crippen LogP contribution < -0.4 is 21.7 Å². The standard InChI is InChI=1S/C32H59N5O7S/c1-12-16-37(21(4)27(40)34-23(24(38)26(33)39)17-22-14-13-15-22)28(41)25(30(5,6)7)35-29(42)36-32(11,18-20(2)3)19-45(43,44)31(8,9)10/h20-23,25H,12-19H2,1-11H3,(H2,33,39)(H,34,40)(H2,35,36,42)/t21-,23?,25+,32?/m0/s1. The lowest BCUT2D eigenvalue weighted by atomic mass is 9.80. The number of nitrogens with two attached hydrogens (primary N) is 1. The summed E-state index contributed by atoms with van der Waals surface area (Å²) in [7, 11) is -3.60. The van der Waals surface area contributed by atoms with Gasteiger partial charge in [0.25, 0.3) is 5.91 Å². The number of nitrogens with zero attached hydrogens (tertiary/aromatic N) is 1.